The molecule has 2 rings (SSSR count). The number of rotatable bonds is 2. The first kappa shape index (κ1) is 12.6. The first-order valence-electron chi connectivity index (χ1n) is 4.85. The van der Waals surface area contributed by atoms with Gasteiger partial charge in [0.15, 0.2) is 5.82 Å². The van der Waals surface area contributed by atoms with E-state index < -0.39 is 21.5 Å². The zero-order valence-electron chi connectivity index (χ0n) is 9.55. The minimum Gasteiger partial charge on any atom is -0.301 e. The van der Waals surface area contributed by atoms with Crippen molar-refractivity contribution in [2.45, 2.75) is 5.16 Å². The monoisotopic (exact) mass is 273 g/mol. The minimum atomic E-state index is -3.54. The molecule has 0 spiro atoms. The molecule has 18 heavy (non-hydrogen) atoms. The third kappa shape index (κ3) is 2.23. The minimum absolute atomic E-state index is 0.0776. The van der Waals surface area contributed by atoms with Gasteiger partial charge in [0.1, 0.15) is 11.6 Å². The lowest BCUT2D eigenvalue weighted by Crippen LogP contribution is -2.06. The average Bonchev–Trinajstić information content (AvgIpc) is 2.57. The Morgan fingerprint density at radius 3 is 2.11 bits per heavy atom. The van der Waals surface area contributed by atoms with Crippen LogP contribution in [0.3, 0.4) is 0 Å². The summed E-state index contributed by atoms with van der Waals surface area (Å²) < 4.78 is 50.0. The van der Waals surface area contributed by atoms with Crippen LogP contribution in [0.1, 0.15) is 0 Å². The van der Waals surface area contributed by atoms with Crippen molar-refractivity contribution in [3.8, 4) is 11.4 Å². The van der Waals surface area contributed by atoms with Gasteiger partial charge < -0.3 is 4.57 Å². The van der Waals surface area contributed by atoms with E-state index in [0.29, 0.717) is 0 Å². The molecule has 5 nitrogen and oxygen atoms in total. The summed E-state index contributed by atoms with van der Waals surface area (Å²) in [5, 5.41) is 6.88. The highest BCUT2D eigenvalue weighted by atomic mass is 32.2. The van der Waals surface area contributed by atoms with Gasteiger partial charge in [0.05, 0.1) is 0 Å². The summed E-state index contributed by atoms with van der Waals surface area (Å²) in [4.78, 5) is 0. The maximum absolute atomic E-state index is 13.1. The second-order valence-electron chi connectivity index (χ2n) is 3.80. The highest BCUT2D eigenvalue weighted by molar-refractivity contribution is 7.90. The smallest absolute Gasteiger partial charge is 0.249 e. The fourth-order valence-electron chi connectivity index (χ4n) is 1.57. The second kappa shape index (κ2) is 4.13. The Bertz CT molecular complexity index is 690. The van der Waals surface area contributed by atoms with Crippen molar-refractivity contribution in [3.63, 3.8) is 0 Å². The van der Waals surface area contributed by atoms with Gasteiger partial charge in [0, 0.05) is 24.9 Å². The van der Waals surface area contributed by atoms with E-state index in [4.69, 9.17) is 0 Å². The summed E-state index contributed by atoms with van der Waals surface area (Å²) in [7, 11) is -2.13. The van der Waals surface area contributed by atoms with E-state index in [-0.39, 0.29) is 16.5 Å². The van der Waals surface area contributed by atoms with Crippen LogP contribution in [0.5, 0.6) is 0 Å². The Hall–Kier alpha value is -1.83. The van der Waals surface area contributed by atoms with Crippen LogP contribution < -0.4 is 0 Å². The molecule has 0 saturated carbocycles. The third-order valence-corrected chi connectivity index (χ3v) is 3.31. The molecule has 96 valence electrons. The van der Waals surface area contributed by atoms with Crippen molar-refractivity contribution >= 4 is 9.84 Å². The second-order valence-corrected chi connectivity index (χ2v) is 5.70. The van der Waals surface area contributed by atoms with Crippen molar-refractivity contribution in [2.75, 3.05) is 6.26 Å². The van der Waals surface area contributed by atoms with Crippen LogP contribution in [-0.4, -0.2) is 29.4 Å². The molecular formula is C10H9F2N3O2S. The first-order valence-corrected chi connectivity index (χ1v) is 6.74. The lowest BCUT2D eigenvalue weighted by atomic mass is 10.2. The van der Waals surface area contributed by atoms with Crippen LogP contribution in [0, 0.1) is 11.6 Å². The van der Waals surface area contributed by atoms with E-state index in [1.165, 1.54) is 11.6 Å². The molecule has 8 heteroatoms. The Balaban J connectivity index is 2.63. The summed E-state index contributed by atoms with van der Waals surface area (Å²) in [5.41, 5.74) is 0.123. The summed E-state index contributed by atoms with van der Waals surface area (Å²) in [6.07, 6.45) is 0.979. The van der Waals surface area contributed by atoms with E-state index in [9.17, 15) is 17.2 Å². The average molecular weight is 273 g/mol. The van der Waals surface area contributed by atoms with Crippen LogP contribution in [0.15, 0.2) is 23.4 Å². The van der Waals surface area contributed by atoms with Gasteiger partial charge in [-0.1, -0.05) is 0 Å². The molecule has 0 aliphatic carbocycles. The Labute approximate surface area is 102 Å². The maximum Gasteiger partial charge on any atom is 0.249 e. The predicted octanol–water partition coefficient (Wildman–Crippen LogP) is 1.16. The summed E-state index contributed by atoms with van der Waals surface area (Å²) in [6, 6.07) is 2.83. The van der Waals surface area contributed by atoms with Crippen molar-refractivity contribution in [1.82, 2.24) is 14.8 Å². The van der Waals surface area contributed by atoms with E-state index in [0.717, 1.165) is 24.5 Å². The van der Waals surface area contributed by atoms with Gasteiger partial charge in [0.2, 0.25) is 15.0 Å². The summed E-state index contributed by atoms with van der Waals surface area (Å²) >= 11 is 0. The summed E-state index contributed by atoms with van der Waals surface area (Å²) in [6.45, 7) is 0. The van der Waals surface area contributed by atoms with Gasteiger partial charge in [-0.2, -0.15) is 0 Å². The van der Waals surface area contributed by atoms with Crippen LogP contribution in [0.2, 0.25) is 0 Å². The molecule has 0 unspecified atom stereocenters. The predicted molar refractivity (Wildman–Crippen MR) is 59.5 cm³/mol. The van der Waals surface area contributed by atoms with Gasteiger partial charge in [-0.3, -0.25) is 0 Å². The van der Waals surface area contributed by atoms with E-state index in [1.54, 1.807) is 0 Å². The molecule has 0 bridgehead atoms. The molecular weight excluding hydrogens is 264 g/mol. The molecule has 0 aliphatic rings. The first-order chi connectivity index (χ1) is 8.29. The third-order valence-electron chi connectivity index (χ3n) is 2.29. The Kier molecular flexibility index (Phi) is 2.89. The van der Waals surface area contributed by atoms with Crippen molar-refractivity contribution in [2.24, 2.45) is 7.05 Å². The van der Waals surface area contributed by atoms with Crippen molar-refractivity contribution in [1.29, 1.82) is 0 Å². The fourth-order valence-corrected chi connectivity index (χ4v) is 2.35. The molecule has 0 saturated heterocycles. The number of aromatic nitrogens is 3. The number of hydrogen-bond acceptors (Lipinski definition) is 4. The molecule has 2 aromatic rings. The topological polar surface area (TPSA) is 64.8 Å². The number of halogens is 2. The summed E-state index contributed by atoms with van der Waals surface area (Å²) in [5.74, 6) is -1.46. The number of benzene rings is 1. The fraction of sp³-hybridized carbons (Fsp3) is 0.200. The molecule has 0 N–H and O–H groups in total. The van der Waals surface area contributed by atoms with Gasteiger partial charge >= 0.3 is 0 Å². The van der Waals surface area contributed by atoms with E-state index >= 15 is 0 Å². The highest BCUT2D eigenvalue weighted by Gasteiger charge is 2.19. The van der Waals surface area contributed by atoms with Crippen LogP contribution in [0.4, 0.5) is 8.78 Å². The Morgan fingerprint density at radius 1 is 1.11 bits per heavy atom. The largest absolute Gasteiger partial charge is 0.301 e. The number of hydrogen-bond donors (Lipinski definition) is 0. The molecule has 0 amide bonds. The van der Waals surface area contributed by atoms with Gasteiger partial charge in [-0.15, -0.1) is 10.2 Å². The van der Waals surface area contributed by atoms with E-state index in [2.05, 4.69) is 10.2 Å². The number of nitrogens with zero attached hydrogens (tertiary/aromatic N) is 3. The molecule has 1 aromatic heterocycles. The van der Waals surface area contributed by atoms with Gasteiger partial charge in [0.25, 0.3) is 0 Å². The van der Waals surface area contributed by atoms with Crippen LogP contribution in [-0.2, 0) is 16.9 Å². The van der Waals surface area contributed by atoms with Crippen LogP contribution in [0.25, 0.3) is 11.4 Å². The number of sulfone groups is 1. The SMILES string of the molecule is Cn1c(-c2cc(F)cc(F)c2)nnc1S(C)(=O)=O. The quantitative estimate of drug-likeness (QED) is 0.823. The molecule has 1 heterocycles. The molecule has 0 aliphatic heterocycles. The van der Waals surface area contributed by atoms with E-state index in [1.807, 2.05) is 0 Å². The normalized spacial score (nSPS) is 11.8. The standard InChI is InChI=1S/C10H9F2N3O2S/c1-15-9(13-14-10(15)18(2,16)17)6-3-7(11)5-8(12)4-6/h3-5H,1-2H3. The van der Waals surface area contributed by atoms with Crippen LogP contribution >= 0.6 is 0 Å². The molecule has 0 radical (unpaired) electrons. The molecule has 1 aromatic carbocycles. The van der Waals surface area contributed by atoms with Gasteiger partial charge in [-0.25, -0.2) is 17.2 Å². The van der Waals surface area contributed by atoms with Crippen molar-refractivity contribution in [3.05, 3.63) is 29.8 Å². The Morgan fingerprint density at radius 2 is 1.67 bits per heavy atom. The lowest BCUT2D eigenvalue weighted by Gasteiger charge is -2.03. The zero-order valence-corrected chi connectivity index (χ0v) is 10.4. The zero-order chi connectivity index (χ0) is 13.5. The maximum atomic E-state index is 13.1. The molecule has 0 atom stereocenters. The molecule has 0 fully saturated rings. The highest BCUT2D eigenvalue weighted by Crippen LogP contribution is 2.21. The van der Waals surface area contributed by atoms with Crippen molar-refractivity contribution < 1.29 is 17.2 Å². The van der Waals surface area contributed by atoms with Gasteiger partial charge in [-0.05, 0) is 12.1 Å². The lowest BCUT2D eigenvalue weighted by molar-refractivity contribution is 0.583.